The molecule has 1 aliphatic heterocycles. The van der Waals surface area contributed by atoms with Crippen LogP contribution in [0.4, 0.5) is 5.69 Å². The lowest BCUT2D eigenvalue weighted by molar-refractivity contribution is 0.0323. The van der Waals surface area contributed by atoms with Gasteiger partial charge in [0, 0.05) is 31.6 Å². The van der Waals surface area contributed by atoms with Crippen LogP contribution >= 0.6 is 0 Å². The van der Waals surface area contributed by atoms with Gasteiger partial charge < -0.3 is 20.7 Å². The van der Waals surface area contributed by atoms with Crippen molar-refractivity contribution in [2.24, 2.45) is 10.7 Å². The minimum atomic E-state index is -3.73. The standard InChI is InChI=1S/C27H38N4O5S/c1-3-11-31(12-4-2)27(33)23-16-22-9-8-21(18-25(22)30-26(28)19-23)20-6-5-7-24(17-20)37(34,35)29-10-14-36-15-13-32/h5-9,16-18,27,29,32-33H,3-4,10-15,19H2,1-2H3,(H2,28,30). The number of ether oxygens (including phenoxy) is 1. The Balaban J connectivity index is 1.86. The van der Waals surface area contributed by atoms with Crippen molar-refractivity contribution in [3.8, 4) is 11.1 Å². The number of nitrogens with two attached hydrogens (primary N) is 1. The molecule has 3 rings (SSSR count). The fourth-order valence-electron chi connectivity index (χ4n) is 4.27. The van der Waals surface area contributed by atoms with E-state index < -0.39 is 16.3 Å². The SMILES string of the molecule is CCCN(CCC)C(O)C1=Cc2ccc(-c3cccc(S(=O)(=O)NCCOCCO)c3)cc2N=C(N)C1. The van der Waals surface area contributed by atoms with E-state index in [9.17, 15) is 13.5 Å². The molecule has 0 radical (unpaired) electrons. The number of amidine groups is 1. The molecule has 10 heteroatoms. The number of benzene rings is 2. The van der Waals surface area contributed by atoms with Gasteiger partial charge in [-0.15, -0.1) is 0 Å². The van der Waals surface area contributed by atoms with Gasteiger partial charge in [-0.1, -0.05) is 38.1 Å². The van der Waals surface area contributed by atoms with Gasteiger partial charge >= 0.3 is 0 Å². The third kappa shape index (κ3) is 7.94. The van der Waals surface area contributed by atoms with Crippen molar-refractivity contribution in [3.05, 3.63) is 53.6 Å². The maximum Gasteiger partial charge on any atom is 0.240 e. The maximum absolute atomic E-state index is 12.7. The van der Waals surface area contributed by atoms with E-state index in [1.165, 1.54) is 6.07 Å². The molecule has 1 aliphatic rings. The van der Waals surface area contributed by atoms with Gasteiger partial charge in [0.1, 0.15) is 12.1 Å². The first-order valence-electron chi connectivity index (χ1n) is 12.7. The minimum absolute atomic E-state index is 0.105. The summed E-state index contributed by atoms with van der Waals surface area (Å²) in [7, 11) is -3.73. The maximum atomic E-state index is 12.7. The Hall–Kier alpha value is -2.60. The summed E-state index contributed by atoms with van der Waals surface area (Å²) < 4.78 is 33.1. The molecule has 202 valence electrons. The van der Waals surface area contributed by atoms with Crippen molar-refractivity contribution < 1.29 is 23.4 Å². The second-order valence-electron chi connectivity index (χ2n) is 8.94. The lowest BCUT2D eigenvalue weighted by Crippen LogP contribution is -2.38. The molecular formula is C27H38N4O5S. The van der Waals surface area contributed by atoms with Crippen LogP contribution in [0.2, 0.25) is 0 Å². The molecule has 1 heterocycles. The highest BCUT2D eigenvalue weighted by Gasteiger charge is 2.22. The first kappa shape index (κ1) is 29.0. The van der Waals surface area contributed by atoms with Crippen molar-refractivity contribution in [1.29, 1.82) is 0 Å². The first-order chi connectivity index (χ1) is 17.8. The van der Waals surface area contributed by atoms with Crippen LogP contribution in [0.5, 0.6) is 0 Å². The highest BCUT2D eigenvalue weighted by atomic mass is 32.2. The molecule has 37 heavy (non-hydrogen) atoms. The predicted octanol–water partition coefficient (Wildman–Crippen LogP) is 2.86. The van der Waals surface area contributed by atoms with E-state index in [2.05, 4.69) is 28.5 Å². The molecule has 0 amide bonds. The molecule has 2 aromatic rings. The number of fused-ring (bicyclic) bond motifs is 1. The number of aliphatic hydroxyl groups is 2. The van der Waals surface area contributed by atoms with E-state index in [0.717, 1.165) is 48.2 Å². The fourth-order valence-corrected chi connectivity index (χ4v) is 5.33. The summed E-state index contributed by atoms with van der Waals surface area (Å²) in [5.74, 6) is 0.415. The zero-order valence-electron chi connectivity index (χ0n) is 21.6. The fraction of sp³-hybridized carbons (Fsp3) is 0.444. The zero-order chi connectivity index (χ0) is 26.8. The zero-order valence-corrected chi connectivity index (χ0v) is 22.4. The molecule has 1 atom stereocenters. The summed E-state index contributed by atoms with van der Waals surface area (Å²) in [6.07, 6.45) is 3.47. The minimum Gasteiger partial charge on any atom is -0.394 e. The Morgan fingerprint density at radius 3 is 2.54 bits per heavy atom. The normalized spacial score (nSPS) is 14.6. The quantitative estimate of drug-likeness (QED) is 0.218. The summed E-state index contributed by atoms with van der Waals surface area (Å²) in [6.45, 7) is 6.09. The van der Waals surface area contributed by atoms with Crippen LogP contribution in [-0.4, -0.2) is 75.0 Å². The summed E-state index contributed by atoms with van der Waals surface area (Å²) >= 11 is 0. The summed E-state index contributed by atoms with van der Waals surface area (Å²) in [6, 6.07) is 12.4. The van der Waals surface area contributed by atoms with Crippen molar-refractivity contribution in [2.75, 3.05) is 39.5 Å². The number of sulfonamides is 1. The molecule has 5 N–H and O–H groups in total. The Kier molecular flexibility index (Phi) is 10.8. The Labute approximate surface area is 219 Å². The van der Waals surface area contributed by atoms with Crippen LogP contribution in [0.3, 0.4) is 0 Å². The highest BCUT2D eigenvalue weighted by Crippen LogP contribution is 2.33. The molecule has 0 fully saturated rings. The van der Waals surface area contributed by atoms with Gasteiger partial charge in [0.05, 0.1) is 30.4 Å². The molecule has 0 aliphatic carbocycles. The van der Waals surface area contributed by atoms with Gasteiger partial charge in [0.25, 0.3) is 0 Å². The molecule has 0 bridgehead atoms. The third-order valence-corrected chi connectivity index (χ3v) is 7.43. The summed E-state index contributed by atoms with van der Waals surface area (Å²) in [5, 5.41) is 19.8. The highest BCUT2D eigenvalue weighted by molar-refractivity contribution is 7.89. The van der Waals surface area contributed by atoms with Gasteiger partial charge in [0.15, 0.2) is 0 Å². The Morgan fingerprint density at radius 1 is 1.11 bits per heavy atom. The number of nitrogens with one attached hydrogen (secondary N) is 1. The molecule has 0 saturated carbocycles. The van der Waals surface area contributed by atoms with E-state index in [4.69, 9.17) is 15.6 Å². The summed E-state index contributed by atoms with van der Waals surface area (Å²) in [4.78, 5) is 6.79. The van der Waals surface area contributed by atoms with E-state index in [1.807, 2.05) is 30.3 Å². The van der Waals surface area contributed by atoms with Crippen molar-refractivity contribution in [1.82, 2.24) is 9.62 Å². The largest absolute Gasteiger partial charge is 0.394 e. The second-order valence-corrected chi connectivity index (χ2v) is 10.7. The Bertz CT molecular complexity index is 1210. The molecule has 0 aromatic heterocycles. The van der Waals surface area contributed by atoms with Crippen LogP contribution in [0.1, 0.15) is 38.7 Å². The Morgan fingerprint density at radius 2 is 1.84 bits per heavy atom. The number of rotatable bonds is 14. The average Bonchev–Trinajstić information content (AvgIpc) is 3.05. The van der Waals surface area contributed by atoms with E-state index in [1.54, 1.807) is 12.1 Å². The smallest absolute Gasteiger partial charge is 0.240 e. The molecular weight excluding hydrogens is 492 g/mol. The van der Waals surface area contributed by atoms with Crippen LogP contribution in [0, 0.1) is 0 Å². The van der Waals surface area contributed by atoms with Gasteiger partial charge in [-0.05, 0) is 53.8 Å². The predicted molar refractivity (Wildman–Crippen MR) is 147 cm³/mol. The molecule has 9 nitrogen and oxygen atoms in total. The van der Waals surface area contributed by atoms with Crippen LogP contribution in [-0.2, 0) is 14.8 Å². The lowest BCUT2D eigenvalue weighted by Gasteiger charge is -2.28. The van der Waals surface area contributed by atoms with Crippen molar-refractivity contribution in [2.45, 2.75) is 44.2 Å². The van der Waals surface area contributed by atoms with Crippen LogP contribution < -0.4 is 10.5 Å². The molecule has 0 spiro atoms. The number of hydrogen-bond acceptors (Lipinski definition) is 8. The van der Waals surface area contributed by atoms with Crippen molar-refractivity contribution in [3.63, 3.8) is 0 Å². The lowest BCUT2D eigenvalue weighted by atomic mass is 10.0. The van der Waals surface area contributed by atoms with Gasteiger partial charge in [-0.2, -0.15) is 0 Å². The van der Waals surface area contributed by atoms with Gasteiger partial charge in [-0.25, -0.2) is 18.1 Å². The number of aliphatic hydroxyl groups excluding tert-OH is 2. The second kappa shape index (κ2) is 13.8. The van der Waals surface area contributed by atoms with E-state index in [-0.39, 0.29) is 31.3 Å². The molecule has 2 aromatic carbocycles. The number of aliphatic imine (C=N–C) groups is 1. The number of nitrogens with zero attached hydrogens (tertiary/aromatic N) is 2. The first-order valence-corrected chi connectivity index (χ1v) is 14.2. The van der Waals surface area contributed by atoms with Gasteiger partial charge in [0.2, 0.25) is 10.0 Å². The average molecular weight is 531 g/mol. The van der Waals surface area contributed by atoms with Crippen LogP contribution in [0.15, 0.2) is 57.9 Å². The van der Waals surface area contributed by atoms with E-state index >= 15 is 0 Å². The summed E-state index contributed by atoms with van der Waals surface area (Å²) in [5.41, 5.74) is 10.1. The molecule has 1 unspecified atom stereocenters. The van der Waals surface area contributed by atoms with Crippen LogP contribution in [0.25, 0.3) is 17.2 Å². The third-order valence-electron chi connectivity index (χ3n) is 5.97. The molecule has 0 saturated heterocycles. The topological polar surface area (TPSA) is 137 Å². The monoisotopic (exact) mass is 530 g/mol. The van der Waals surface area contributed by atoms with Crippen molar-refractivity contribution >= 4 is 27.6 Å². The number of hydrogen-bond donors (Lipinski definition) is 4. The van der Waals surface area contributed by atoms with Gasteiger partial charge in [-0.3, -0.25) is 4.90 Å². The van der Waals surface area contributed by atoms with E-state index in [0.29, 0.717) is 17.9 Å².